The van der Waals surface area contributed by atoms with Gasteiger partial charge in [0, 0.05) is 89.9 Å². The number of likely N-dealkylation sites (tertiary alicyclic amines) is 2. The zero-order valence-corrected chi connectivity index (χ0v) is 48.3. The van der Waals surface area contributed by atoms with Crippen LogP contribution < -0.4 is 0 Å². The molecule has 0 aliphatic carbocycles. The molecule has 0 aromatic carbocycles. The average molecular weight is 1050 g/mol. The lowest BCUT2D eigenvalue weighted by Crippen LogP contribution is -2.55. The van der Waals surface area contributed by atoms with Crippen LogP contribution in [-0.2, 0) is 28.4 Å². The molecule has 4 atom stereocenters. The third-order valence-corrected chi connectivity index (χ3v) is 13.0. The third-order valence-electron chi connectivity index (χ3n) is 13.0. The number of ether oxygens (including phenoxy) is 6. The molecular weight excluding hydrogens is 945 g/mol. The largest absolute Gasteiger partial charge is 0.472 e. The Kier molecular flexibility index (Phi) is 35.6. The van der Waals surface area contributed by atoms with E-state index in [4.69, 9.17) is 32.8 Å². The van der Waals surface area contributed by atoms with Gasteiger partial charge in [-0.3, -0.25) is 15.1 Å². The molecule has 10 aliphatic heterocycles. The van der Waals surface area contributed by atoms with E-state index in [1.807, 2.05) is 70.4 Å². The van der Waals surface area contributed by atoms with Crippen molar-refractivity contribution in [2.45, 2.75) is 118 Å². The van der Waals surface area contributed by atoms with E-state index in [1.165, 1.54) is 85.0 Å². The quantitative estimate of drug-likeness (QED) is 0.168. The van der Waals surface area contributed by atoms with Gasteiger partial charge in [0.1, 0.15) is 0 Å². The summed E-state index contributed by atoms with van der Waals surface area (Å²) in [5.41, 5.74) is 7.64. The van der Waals surface area contributed by atoms with Crippen molar-refractivity contribution < 1.29 is 32.8 Å². The van der Waals surface area contributed by atoms with Gasteiger partial charge in [-0.1, -0.05) is 30.7 Å². The number of piperidine rings is 1. The maximum absolute atomic E-state index is 5.63. The number of morpholine rings is 3. The van der Waals surface area contributed by atoms with Crippen molar-refractivity contribution >= 4 is 0 Å². The van der Waals surface area contributed by atoms with Gasteiger partial charge in [0.05, 0.1) is 82.8 Å². The minimum absolute atomic E-state index is 0.564. The normalized spacial score (nSPS) is 23.3. The number of hydrogen-bond donors (Lipinski definition) is 1. The number of likely N-dealkylation sites (N-methyl/N-ethyl adjacent to an activating group) is 3. The summed E-state index contributed by atoms with van der Waals surface area (Å²) in [5.74, 6) is 0.911. The number of H-pyrrole nitrogens is 1. The molecule has 10 aliphatic rings. The number of fused-ring (bicyclic) bond motifs is 4. The Bertz CT molecular complexity index is 1840. The van der Waals surface area contributed by atoms with Crippen LogP contribution in [0.3, 0.4) is 0 Å². The predicted molar refractivity (Wildman–Crippen MR) is 304 cm³/mol. The second-order valence-electron chi connectivity index (χ2n) is 21.0. The zero-order valence-electron chi connectivity index (χ0n) is 48.3. The van der Waals surface area contributed by atoms with Crippen LogP contribution in [0.5, 0.6) is 0 Å². The van der Waals surface area contributed by atoms with E-state index >= 15 is 0 Å². The van der Waals surface area contributed by atoms with Crippen LogP contribution in [0.15, 0.2) is 108 Å². The maximum Gasteiger partial charge on any atom is 0.0931 e. The molecule has 4 aromatic rings. The van der Waals surface area contributed by atoms with Gasteiger partial charge in [-0.05, 0) is 179 Å². The van der Waals surface area contributed by atoms with E-state index in [0.717, 1.165) is 104 Å². The highest BCUT2D eigenvalue weighted by atomic mass is 16.5. The highest BCUT2D eigenvalue weighted by Crippen LogP contribution is 2.26. The summed E-state index contributed by atoms with van der Waals surface area (Å²) in [6.45, 7) is 31.2. The van der Waals surface area contributed by atoms with E-state index in [9.17, 15) is 0 Å². The molecule has 4 bridgehead atoms. The Labute approximate surface area is 453 Å². The second kappa shape index (κ2) is 41.0. The Morgan fingerprint density at radius 3 is 1.37 bits per heavy atom. The molecule has 75 heavy (non-hydrogen) atoms. The van der Waals surface area contributed by atoms with Crippen molar-refractivity contribution in [2.24, 2.45) is 5.92 Å². The van der Waals surface area contributed by atoms with E-state index < -0.39 is 0 Å². The van der Waals surface area contributed by atoms with Gasteiger partial charge in [0.15, 0.2) is 0 Å². The average Bonchev–Trinajstić information content (AvgIpc) is 4.25. The first-order chi connectivity index (χ1) is 36.2. The summed E-state index contributed by atoms with van der Waals surface area (Å²) >= 11 is 0. The van der Waals surface area contributed by atoms with Crippen molar-refractivity contribution in [3.8, 4) is 0 Å². The van der Waals surface area contributed by atoms with Crippen LogP contribution in [0.4, 0.5) is 0 Å². The fraction of sp³-hybridized carbons (Fsp3) is 0.650. The standard InChI is InChI=1S/C7H13NO.C6H11NO.2C6H7N.C6H12O.C6H10O.C5H11NO.C5H8O.C5H6O.C4H6N2.C4H9N/c1-8-4-6-2-3-7(5-8)9-6;1-7-3-5-2-6(4-7)8-5;1-6-2-4-7-5-3-6;1-6-3-2-4-7-5-6;3*1-6-2-4-7-5-3-6;2*1-5-2-3-6-4-5;1-4-2-5-6-3-4;1-5-3-2-4-5/h6-7H,2-5H2,1H3;5-6H,2-4H2,1H3;2*2-5H,1H3;6H,2-5H2,1H3;2H,3-5H2,1H3;2-5H2,1H3;2H,3-4H2,1H3;2-4H,1H3;2-3H,1H3,(H,5,6);2-4H2,1H3. The fourth-order valence-electron chi connectivity index (χ4n) is 7.94. The molecule has 8 fully saturated rings. The van der Waals surface area contributed by atoms with Crippen LogP contribution in [0.25, 0.3) is 0 Å². The van der Waals surface area contributed by atoms with Gasteiger partial charge < -0.3 is 52.4 Å². The molecule has 0 spiro atoms. The SMILES string of the molecule is CC1=CCOC1.CC1=CCOCC1.CC1CCOCC1.CN1CC2CC(C1)O2.CN1CC2CCC(C1)O2.CN1CCC1.CN1CCOCC1.Cc1cccnc1.Cc1ccncc1.Cc1ccoc1.Cc1cn[nH]c1. The van der Waals surface area contributed by atoms with E-state index in [2.05, 4.69) is 101 Å². The van der Waals surface area contributed by atoms with Gasteiger partial charge in [-0.2, -0.15) is 5.10 Å². The number of aryl methyl sites for hydroxylation is 4. The van der Waals surface area contributed by atoms with E-state index in [0.29, 0.717) is 24.4 Å². The first-order valence-corrected chi connectivity index (χ1v) is 27.6. The van der Waals surface area contributed by atoms with Crippen LogP contribution >= 0.6 is 0 Å². The summed E-state index contributed by atoms with van der Waals surface area (Å²) < 4.78 is 36.0. The van der Waals surface area contributed by atoms with Crippen LogP contribution in [-0.4, -0.2) is 198 Å². The molecule has 0 radical (unpaired) electrons. The van der Waals surface area contributed by atoms with Crippen LogP contribution in [0, 0.1) is 33.6 Å². The van der Waals surface area contributed by atoms with Gasteiger partial charge in [0.25, 0.3) is 0 Å². The monoisotopic (exact) mass is 1040 g/mol. The van der Waals surface area contributed by atoms with E-state index in [-0.39, 0.29) is 0 Å². The van der Waals surface area contributed by atoms with Crippen LogP contribution in [0.2, 0.25) is 0 Å². The Morgan fingerprint density at radius 2 is 1.11 bits per heavy atom. The number of hydrogen-bond acceptors (Lipinski definition) is 14. The Hall–Kier alpha value is -4.13. The fourth-order valence-corrected chi connectivity index (χ4v) is 7.94. The van der Waals surface area contributed by atoms with Gasteiger partial charge >= 0.3 is 0 Å². The molecule has 14 heterocycles. The second-order valence-corrected chi connectivity index (χ2v) is 21.0. The summed E-state index contributed by atoms with van der Waals surface area (Å²) in [7, 11) is 8.58. The molecule has 0 amide bonds. The Morgan fingerprint density at radius 1 is 0.533 bits per heavy atom. The molecule has 0 saturated carbocycles. The number of aromatic amines is 1. The zero-order chi connectivity index (χ0) is 54.3. The third kappa shape index (κ3) is 35.0. The molecule has 15 nitrogen and oxygen atoms in total. The minimum atomic E-state index is 0.564. The highest BCUT2D eigenvalue weighted by Gasteiger charge is 2.36. The summed E-state index contributed by atoms with van der Waals surface area (Å²) in [6.07, 6.45) is 29.6. The topological polar surface area (TPSA) is 136 Å². The maximum atomic E-state index is 5.63. The van der Waals surface area contributed by atoms with Crippen molar-refractivity contribution in [3.63, 3.8) is 0 Å². The highest BCUT2D eigenvalue weighted by molar-refractivity contribution is 5.06. The van der Waals surface area contributed by atoms with Crippen molar-refractivity contribution in [1.29, 1.82) is 0 Å². The molecule has 8 saturated heterocycles. The van der Waals surface area contributed by atoms with Gasteiger partial charge in [-0.25, -0.2) is 0 Å². The minimum Gasteiger partial charge on any atom is -0.472 e. The van der Waals surface area contributed by atoms with Gasteiger partial charge in [-0.15, -0.1) is 0 Å². The number of rotatable bonds is 0. The molecule has 422 valence electrons. The van der Waals surface area contributed by atoms with Crippen molar-refractivity contribution in [2.75, 3.05) is 133 Å². The molecular formula is C60H100N8O7. The lowest BCUT2D eigenvalue weighted by molar-refractivity contribution is -0.175. The Balaban J connectivity index is 0.000000218. The number of nitrogens with zero attached hydrogens (tertiary/aromatic N) is 7. The van der Waals surface area contributed by atoms with E-state index in [1.54, 1.807) is 37.3 Å². The molecule has 14 rings (SSSR count). The number of pyridine rings is 2. The van der Waals surface area contributed by atoms with Crippen molar-refractivity contribution in [3.05, 3.63) is 126 Å². The first-order valence-electron chi connectivity index (χ1n) is 27.6. The summed E-state index contributed by atoms with van der Waals surface area (Å²) in [6, 6.07) is 9.81. The van der Waals surface area contributed by atoms with Crippen LogP contribution in [0.1, 0.15) is 88.0 Å². The van der Waals surface area contributed by atoms with Gasteiger partial charge in [0.2, 0.25) is 0 Å². The first kappa shape index (κ1) is 65.2. The molecule has 1 N–H and O–H groups in total. The lowest BCUT2D eigenvalue weighted by Gasteiger charge is -2.45. The smallest absolute Gasteiger partial charge is 0.0931 e. The molecule has 15 heteroatoms. The number of nitrogens with one attached hydrogen (secondary N) is 1. The van der Waals surface area contributed by atoms with Crippen molar-refractivity contribution in [1.82, 2.24) is 39.8 Å². The lowest BCUT2D eigenvalue weighted by atomic mass is 10.00. The number of aromatic nitrogens is 4. The summed E-state index contributed by atoms with van der Waals surface area (Å²) in [5, 5.41) is 6.38. The predicted octanol–water partition coefficient (Wildman–Crippen LogP) is 9.67. The molecule has 4 aromatic heterocycles. The summed E-state index contributed by atoms with van der Waals surface area (Å²) in [4.78, 5) is 17.0. The molecule has 4 unspecified atom stereocenters. The number of furan rings is 1.